The first-order chi connectivity index (χ1) is 16.8. The number of hydrogen-bond donors (Lipinski definition) is 3. The molecule has 2 aromatic heterocycles. The predicted molar refractivity (Wildman–Crippen MR) is 133 cm³/mol. The van der Waals surface area contributed by atoms with E-state index in [1.165, 1.54) is 18.5 Å². The Hall–Kier alpha value is -4.58. The summed E-state index contributed by atoms with van der Waals surface area (Å²) in [6.07, 6.45) is 1.27. The maximum absolute atomic E-state index is 14.3. The summed E-state index contributed by atoms with van der Waals surface area (Å²) in [4.78, 5) is 26.4. The number of halogens is 1. The Morgan fingerprint density at radius 1 is 1.11 bits per heavy atom. The van der Waals surface area contributed by atoms with Crippen LogP contribution in [0.2, 0.25) is 0 Å². The van der Waals surface area contributed by atoms with Crippen molar-refractivity contribution in [2.75, 3.05) is 11.1 Å². The molecule has 0 unspecified atom stereocenters. The maximum Gasteiger partial charge on any atom is 0.252 e. The minimum Gasteiger partial charge on any atom is -0.382 e. The first-order valence-corrected chi connectivity index (χ1v) is 11.1. The van der Waals surface area contributed by atoms with Gasteiger partial charge in [0.25, 0.3) is 5.91 Å². The van der Waals surface area contributed by atoms with Gasteiger partial charge in [-0.2, -0.15) is 5.26 Å². The van der Waals surface area contributed by atoms with Gasteiger partial charge in [-0.15, -0.1) is 0 Å². The molecule has 0 fully saturated rings. The molecule has 4 N–H and O–H groups in total. The van der Waals surface area contributed by atoms with E-state index in [1.54, 1.807) is 6.07 Å². The highest BCUT2D eigenvalue weighted by Gasteiger charge is 2.26. The number of aromatic nitrogens is 3. The van der Waals surface area contributed by atoms with E-state index in [0.717, 1.165) is 5.56 Å². The molecule has 176 valence electrons. The van der Waals surface area contributed by atoms with Crippen LogP contribution in [0.15, 0.2) is 54.9 Å². The van der Waals surface area contributed by atoms with Gasteiger partial charge in [-0.1, -0.05) is 30.3 Å². The molecule has 1 atom stereocenters. The number of fused-ring (bicyclic) bond motifs is 1. The number of nitrogens with two attached hydrogens (primary N) is 1. The van der Waals surface area contributed by atoms with Gasteiger partial charge in [0.15, 0.2) is 0 Å². The SMILES string of the molecule is CC(C)NC(=O)c1c(-c2ccccc2)c([C@H](C)Nc2ncnc(N)c2C#N)nc2ccc(F)cc12. The summed E-state index contributed by atoms with van der Waals surface area (Å²) in [6.45, 7) is 5.56. The number of nitrogens with zero attached hydrogens (tertiary/aromatic N) is 4. The first kappa shape index (κ1) is 23.6. The van der Waals surface area contributed by atoms with Crippen LogP contribution in [-0.2, 0) is 0 Å². The van der Waals surface area contributed by atoms with E-state index in [9.17, 15) is 14.4 Å². The number of amides is 1. The standard InChI is InChI=1S/C26H24FN7O/c1-14(2)32-26(35)22-18-11-17(27)9-10-20(18)34-23(21(22)16-7-5-4-6-8-16)15(3)33-25-19(12-28)24(29)30-13-31-25/h4-11,13-15H,1-3H3,(H,32,35)(H3,29,30,31,33)/t15-/m0/s1. The van der Waals surface area contributed by atoms with Crippen molar-refractivity contribution in [3.05, 3.63) is 77.5 Å². The number of nitriles is 1. The van der Waals surface area contributed by atoms with Gasteiger partial charge in [0.1, 0.15) is 35.4 Å². The van der Waals surface area contributed by atoms with Gasteiger partial charge in [-0.05, 0) is 44.5 Å². The lowest BCUT2D eigenvalue weighted by Gasteiger charge is -2.23. The highest BCUT2D eigenvalue weighted by atomic mass is 19.1. The van der Waals surface area contributed by atoms with Crippen molar-refractivity contribution in [3.8, 4) is 17.2 Å². The van der Waals surface area contributed by atoms with Gasteiger partial charge in [0.2, 0.25) is 0 Å². The van der Waals surface area contributed by atoms with E-state index in [0.29, 0.717) is 27.7 Å². The largest absolute Gasteiger partial charge is 0.382 e. The lowest BCUT2D eigenvalue weighted by atomic mass is 9.91. The lowest BCUT2D eigenvalue weighted by molar-refractivity contribution is 0.0945. The zero-order valence-electron chi connectivity index (χ0n) is 19.5. The molecule has 35 heavy (non-hydrogen) atoms. The van der Waals surface area contributed by atoms with Crippen LogP contribution in [0.25, 0.3) is 22.0 Å². The molecule has 0 saturated carbocycles. The van der Waals surface area contributed by atoms with Crippen molar-refractivity contribution < 1.29 is 9.18 Å². The number of nitrogens with one attached hydrogen (secondary N) is 2. The summed E-state index contributed by atoms with van der Waals surface area (Å²) >= 11 is 0. The molecule has 0 aliphatic rings. The Bertz CT molecular complexity index is 1450. The van der Waals surface area contributed by atoms with Gasteiger partial charge in [-0.3, -0.25) is 4.79 Å². The highest BCUT2D eigenvalue weighted by molar-refractivity contribution is 6.12. The Morgan fingerprint density at radius 3 is 2.54 bits per heavy atom. The van der Waals surface area contributed by atoms with Crippen molar-refractivity contribution in [2.45, 2.75) is 32.9 Å². The molecule has 0 saturated heterocycles. The minimum absolute atomic E-state index is 0.0550. The number of rotatable bonds is 6. The number of nitrogen functional groups attached to an aromatic ring is 1. The third-order valence-corrected chi connectivity index (χ3v) is 5.44. The van der Waals surface area contributed by atoms with Crippen LogP contribution in [-0.4, -0.2) is 26.9 Å². The highest BCUT2D eigenvalue weighted by Crippen LogP contribution is 2.36. The summed E-state index contributed by atoms with van der Waals surface area (Å²) < 4.78 is 14.3. The molecular weight excluding hydrogens is 445 g/mol. The zero-order chi connectivity index (χ0) is 25.1. The zero-order valence-corrected chi connectivity index (χ0v) is 19.5. The second kappa shape index (κ2) is 9.73. The van der Waals surface area contributed by atoms with Gasteiger partial charge in [0, 0.05) is 17.0 Å². The Labute approximate surface area is 202 Å². The van der Waals surface area contributed by atoms with E-state index < -0.39 is 11.9 Å². The molecule has 0 radical (unpaired) electrons. The molecule has 4 aromatic rings. The van der Waals surface area contributed by atoms with Crippen molar-refractivity contribution in [1.29, 1.82) is 5.26 Å². The van der Waals surface area contributed by atoms with Gasteiger partial charge < -0.3 is 16.4 Å². The monoisotopic (exact) mass is 469 g/mol. The van der Waals surface area contributed by atoms with Gasteiger partial charge in [-0.25, -0.2) is 19.3 Å². The molecule has 2 heterocycles. The fraction of sp³-hybridized carbons (Fsp3) is 0.192. The van der Waals surface area contributed by atoms with E-state index in [1.807, 2.05) is 57.2 Å². The molecule has 2 aromatic carbocycles. The predicted octanol–water partition coefficient (Wildman–Crippen LogP) is 4.60. The molecule has 9 heteroatoms. The van der Waals surface area contributed by atoms with Gasteiger partial charge >= 0.3 is 0 Å². The number of benzene rings is 2. The number of pyridine rings is 1. The third-order valence-electron chi connectivity index (χ3n) is 5.44. The molecule has 8 nitrogen and oxygen atoms in total. The molecule has 0 bridgehead atoms. The summed E-state index contributed by atoms with van der Waals surface area (Å²) in [6, 6.07) is 14.9. The van der Waals surface area contributed by atoms with Crippen LogP contribution in [0.5, 0.6) is 0 Å². The van der Waals surface area contributed by atoms with E-state index in [4.69, 9.17) is 10.7 Å². The number of carbonyl (C=O) groups excluding carboxylic acids is 1. The summed E-state index contributed by atoms with van der Waals surface area (Å²) in [7, 11) is 0. The second-order valence-electron chi connectivity index (χ2n) is 8.36. The van der Waals surface area contributed by atoms with Crippen LogP contribution >= 0.6 is 0 Å². The molecular formula is C26H24FN7O. The Kier molecular flexibility index (Phi) is 6.55. The fourth-order valence-electron chi connectivity index (χ4n) is 3.93. The lowest BCUT2D eigenvalue weighted by Crippen LogP contribution is -2.31. The van der Waals surface area contributed by atoms with E-state index >= 15 is 0 Å². The summed E-state index contributed by atoms with van der Waals surface area (Å²) in [5.74, 6) is -0.500. The van der Waals surface area contributed by atoms with Gasteiger partial charge in [0.05, 0.1) is 22.8 Å². The summed E-state index contributed by atoms with van der Waals surface area (Å²) in [5.41, 5.74) is 8.58. The normalized spacial score (nSPS) is 11.8. The van der Waals surface area contributed by atoms with E-state index in [-0.39, 0.29) is 29.1 Å². The van der Waals surface area contributed by atoms with Crippen LogP contribution < -0.4 is 16.4 Å². The average Bonchev–Trinajstić information content (AvgIpc) is 2.83. The fourth-order valence-corrected chi connectivity index (χ4v) is 3.93. The second-order valence-corrected chi connectivity index (χ2v) is 8.36. The number of carbonyl (C=O) groups is 1. The number of hydrogen-bond acceptors (Lipinski definition) is 7. The maximum atomic E-state index is 14.3. The van der Waals surface area contributed by atoms with Crippen molar-refractivity contribution in [1.82, 2.24) is 20.3 Å². The first-order valence-electron chi connectivity index (χ1n) is 11.1. The van der Waals surface area contributed by atoms with Crippen molar-refractivity contribution in [2.24, 2.45) is 0 Å². The quantitative estimate of drug-likeness (QED) is 0.376. The summed E-state index contributed by atoms with van der Waals surface area (Å²) in [5, 5.41) is 16.1. The molecule has 0 aliphatic heterocycles. The minimum atomic E-state index is -0.508. The molecule has 4 rings (SSSR count). The van der Waals surface area contributed by atoms with E-state index in [2.05, 4.69) is 20.6 Å². The van der Waals surface area contributed by atoms with Crippen molar-refractivity contribution >= 4 is 28.4 Å². The van der Waals surface area contributed by atoms with Crippen LogP contribution in [0, 0.1) is 17.1 Å². The van der Waals surface area contributed by atoms with Crippen LogP contribution in [0.3, 0.4) is 0 Å². The van der Waals surface area contributed by atoms with Crippen LogP contribution in [0.1, 0.15) is 48.4 Å². The third kappa shape index (κ3) is 4.73. The molecule has 0 spiro atoms. The molecule has 0 aliphatic carbocycles. The topological polar surface area (TPSA) is 130 Å². The van der Waals surface area contributed by atoms with Crippen molar-refractivity contribution in [3.63, 3.8) is 0 Å². The Morgan fingerprint density at radius 2 is 1.86 bits per heavy atom. The van der Waals surface area contributed by atoms with Crippen LogP contribution in [0.4, 0.5) is 16.0 Å². The molecule has 1 amide bonds. The smallest absolute Gasteiger partial charge is 0.252 e. The average molecular weight is 470 g/mol. The number of anilines is 2. The Balaban J connectivity index is 2.00.